The smallest absolute Gasteiger partial charge is 0.262 e. The van der Waals surface area contributed by atoms with Crippen LogP contribution in [-0.4, -0.2) is 125 Å². The van der Waals surface area contributed by atoms with Crippen molar-refractivity contribution >= 4 is 97.6 Å². The monoisotopic (exact) mass is 1000 g/mol. The number of nitrogens with zero attached hydrogens (tertiary/aromatic N) is 8. The Kier molecular flexibility index (Phi) is 11.1. The second kappa shape index (κ2) is 16.9. The SMILES string of the molecule is COc1cc(N2CCC3(CC2)CN2C(CC4CCN(c5ccc6c(c5)C(=O)N(C5CCC(=O)NC5=O)C6=O)CC4)C23)c(C)cc1Nc1ncc(Br)c(Nc2ccc3nccnc3c2P(C)(C)=O)n1. The minimum Gasteiger partial charge on any atom is -0.494 e. The van der Waals surface area contributed by atoms with Gasteiger partial charge in [-0.05, 0) is 123 Å². The predicted octanol–water partition coefficient (Wildman–Crippen LogP) is 6.60. The van der Waals surface area contributed by atoms with E-state index in [1.54, 1.807) is 51.2 Å². The van der Waals surface area contributed by atoms with Crippen LogP contribution in [0.4, 0.5) is 34.5 Å². The molecule has 0 aliphatic carbocycles. The van der Waals surface area contributed by atoms with Crippen LogP contribution in [0.1, 0.15) is 71.2 Å². The summed E-state index contributed by atoms with van der Waals surface area (Å²) in [7, 11) is -1.10. The first-order chi connectivity index (χ1) is 32.7. The fourth-order valence-electron chi connectivity index (χ4n) is 11.7. The molecule has 4 unspecified atom stereocenters. The summed E-state index contributed by atoms with van der Waals surface area (Å²) < 4.78 is 20.1. The molecule has 17 nitrogen and oxygen atoms in total. The number of piperidine rings is 3. The summed E-state index contributed by atoms with van der Waals surface area (Å²) >= 11 is 3.59. The van der Waals surface area contributed by atoms with E-state index in [0.717, 1.165) is 79.4 Å². The summed E-state index contributed by atoms with van der Waals surface area (Å²) in [5, 5.41) is 9.63. The molecule has 8 heterocycles. The van der Waals surface area contributed by atoms with Gasteiger partial charge in [-0.15, -0.1) is 0 Å². The number of amides is 4. The number of hydrogen-bond donors (Lipinski definition) is 3. The first-order valence-corrected chi connectivity index (χ1v) is 26.7. The predicted molar refractivity (Wildman–Crippen MR) is 263 cm³/mol. The number of carbonyl (C=O) groups excluding carboxylic acids is 4. The van der Waals surface area contributed by atoms with Gasteiger partial charge in [-0.3, -0.25) is 44.3 Å². The van der Waals surface area contributed by atoms with Crippen molar-refractivity contribution in [2.75, 3.05) is 73.6 Å². The van der Waals surface area contributed by atoms with E-state index in [0.29, 0.717) is 78.6 Å². The molecule has 4 amide bonds. The van der Waals surface area contributed by atoms with Crippen molar-refractivity contribution in [3.63, 3.8) is 0 Å². The number of anilines is 6. The van der Waals surface area contributed by atoms with E-state index in [4.69, 9.17) is 9.72 Å². The molecule has 1 spiro atoms. The highest BCUT2D eigenvalue weighted by molar-refractivity contribution is 9.10. The minimum atomic E-state index is -2.78. The molecule has 11 rings (SSSR count). The van der Waals surface area contributed by atoms with E-state index in [1.165, 1.54) is 13.0 Å². The molecular formula is C49H53BrN11O6P. The fraction of sp³-hybridized carbons (Fsp3) is 0.429. The van der Waals surface area contributed by atoms with E-state index in [-0.39, 0.29) is 18.7 Å². The Bertz CT molecular complexity index is 2990. The van der Waals surface area contributed by atoms with Crippen LogP contribution >= 0.6 is 23.1 Å². The van der Waals surface area contributed by atoms with E-state index < -0.39 is 30.9 Å². The van der Waals surface area contributed by atoms with Gasteiger partial charge in [0.15, 0.2) is 0 Å². The lowest BCUT2D eigenvalue weighted by Gasteiger charge is -2.48. The second-order valence-electron chi connectivity index (χ2n) is 19.6. The molecule has 0 bridgehead atoms. The van der Waals surface area contributed by atoms with Crippen molar-refractivity contribution in [3.05, 3.63) is 82.2 Å². The third kappa shape index (κ3) is 7.77. The van der Waals surface area contributed by atoms with Gasteiger partial charge in [0.25, 0.3) is 11.8 Å². The number of nitrogens with one attached hydrogen (secondary N) is 3. The maximum atomic E-state index is 13.5. The van der Waals surface area contributed by atoms with Crippen LogP contribution in [-0.2, 0) is 14.2 Å². The molecule has 6 aliphatic heterocycles. The molecule has 352 valence electrons. The van der Waals surface area contributed by atoms with Crippen LogP contribution < -0.4 is 35.8 Å². The molecule has 5 aromatic rings. The zero-order valence-corrected chi connectivity index (χ0v) is 40.9. The molecule has 5 fully saturated rings. The van der Waals surface area contributed by atoms with Gasteiger partial charge in [0.1, 0.15) is 30.3 Å². The molecule has 68 heavy (non-hydrogen) atoms. The average molecular weight is 1000 g/mol. The van der Waals surface area contributed by atoms with Gasteiger partial charge < -0.3 is 29.7 Å². The molecular weight excluding hydrogens is 949 g/mol. The van der Waals surface area contributed by atoms with Crippen LogP contribution in [0.15, 0.2) is 65.5 Å². The number of fused-ring (bicyclic) bond motifs is 4. The molecule has 5 saturated heterocycles. The number of methoxy groups -OCH3 is 1. The first-order valence-electron chi connectivity index (χ1n) is 23.4. The third-order valence-corrected chi connectivity index (χ3v) is 17.3. The number of benzene rings is 3. The fourth-order valence-corrected chi connectivity index (χ4v) is 13.4. The van der Waals surface area contributed by atoms with E-state index in [1.807, 2.05) is 18.2 Å². The topological polar surface area (TPSA) is 195 Å². The Labute approximate surface area is 402 Å². The Morgan fingerprint density at radius 3 is 2.40 bits per heavy atom. The lowest BCUT2D eigenvalue weighted by Crippen LogP contribution is -2.54. The highest BCUT2D eigenvalue weighted by atomic mass is 79.9. The van der Waals surface area contributed by atoms with E-state index in [2.05, 4.69) is 80.6 Å². The van der Waals surface area contributed by atoms with Crippen molar-refractivity contribution in [3.8, 4) is 5.75 Å². The van der Waals surface area contributed by atoms with Gasteiger partial charge in [-0.1, -0.05) is 0 Å². The Morgan fingerprint density at radius 1 is 0.882 bits per heavy atom. The number of ether oxygens (including phenoxy) is 1. The number of aryl methyl sites for hydroxylation is 1. The normalized spacial score (nSPS) is 23.3. The van der Waals surface area contributed by atoms with Crippen molar-refractivity contribution < 1.29 is 28.5 Å². The van der Waals surface area contributed by atoms with Gasteiger partial charge >= 0.3 is 0 Å². The zero-order chi connectivity index (χ0) is 47.2. The summed E-state index contributed by atoms with van der Waals surface area (Å²) in [5.41, 5.74) is 6.88. The lowest BCUT2D eigenvalue weighted by atomic mass is 9.70. The molecule has 4 atom stereocenters. The highest BCUT2D eigenvalue weighted by Gasteiger charge is 2.69. The minimum absolute atomic E-state index is 0.0971. The number of imide groups is 2. The average Bonchev–Trinajstić information content (AvgIpc) is 3.85. The Balaban J connectivity index is 0.691. The summed E-state index contributed by atoms with van der Waals surface area (Å²) in [6, 6.07) is 13.7. The summed E-state index contributed by atoms with van der Waals surface area (Å²) in [4.78, 5) is 77.7. The largest absolute Gasteiger partial charge is 0.494 e. The number of rotatable bonds is 11. The van der Waals surface area contributed by atoms with Gasteiger partial charge in [0.05, 0.1) is 44.9 Å². The molecule has 6 aliphatic rings. The summed E-state index contributed by atoms with van der Waals surface area (Å²) in [5.74, 6) is 0.276. The van der Waals surface area contributed by atoms with Crippen molar-refractivity contribution in [2.24, 2.45) is 11.3 Å². The molecule has 19 heteroatoms. The number of halogens is 1. The molecule has 3 N–H and O–H groups in total. The Hall–Kier alpha value is -5.97. The standard InChI is InChI=1S/C49H53BrN11O6P/c1-27-21-35(55-48-53-25-32(50)44(57-48)54-34-8-7-33-41(52-16-15-51-33)42(34)68(3,4)66)39(67-2)24-37(27)59-19-13-49(14-20-59)26-60-38(43(49)60)22-28-11-17-58(18-12-28)29-5-6-30-31(23-29)47(65)61(46(30)64)36-9-10-40(62)56-45(36)63/h5-8,15-16,21,23-25,28,36,38,43H,9-14,17-20,22,26H2,1-4H3,(H,56,62,63)(H2,53,54,55,57). The van der Waals surface area contributed by atoms with Crippen LogP contribution in [0.2, 0.25) is 0 Å². The van der Waals surface area contributed by atoms with Crippen LogP contribution in [0, 0.1) is 18.3 Å². The number of carbonyl (C=O) groups is 4. The van der Waals surface area contributed by atoms with Crippen molar-refractivity contribution in [2.45, 2.75) is 70.0 Å². The van der Waals surface area contributed by atoms with Crippen LogP contribution in [0.5, 0.6) is 5.75 Å². The Morgan fingerprint density at radius 2 is 1.65 bits per heavy atom. The highest BCUT2D eigenvalue weighted by Crippen LogP contribution is 2.61. The lowest BCUT2D eigenvalue weighted by molar-refractivity contribution is -0.136. The van der Waals surface area contributed by atoms with Crippen LogP contribution in [0.25, 0.3) is 11.0 Å². The zero-order valence-electron chi connectivity index (χ0n) is 38.4. The van der Waals surface area contributed by atoms with Gasteiger partial charge in [0.2, 0.25) is 17.8 Å². The molecule has 0 saturated carbocycles. The number of aromatic nitrogens is 4. The summed E-state index contributed by atoms with van der Waals surface area (Å²) in [6.07, 6.45) is 10.8. The van der Waals surface area contributed by atoms with E-state index in [9.17, 15) is 23.7 Å². The first kappa shape index (κ1) is 44.5. The van der Waals surface area contributed by atoms with Crippen LogP contribution in [0.3, 0.4) is 0 Å². The maximum Gasteiger partial charge on any atom is 0.262 e. The van der Waals surface area contributed by atoms with Crippen molar-refractivity contribution in [1.82, 2.24) is 35.1 Å². The third-order valence-electron chi connectivity index (χ3n) is 15.2. The molecule has 2 aromatic heterocycles. The maximum absolute atomic E-state index is 13.5. The quantitative estimate of drug-likeness (QED) is 0.0728. The van der Waals surface area contributed by atoms with Gasteiger partial charge in [-0.25, -0.2) is 4.98 Å². The summed E-state index contributed by atoms with van der Waals surface area (Å²) in [6.45, 7) is 10.5. The second-order valence-corrected chi connectivity index (χ2v) is 23.6. The molecule has 3 aromatic carbocycles. The number of hydrogen-bond acceptors (Lipinski definition) is 15. The molecule has 0 radical (unpaired) electrons. The van der Waals surface area contributed by atoms with Crippen molar-refractivity contribution in [1.29, 1.82) is 0 Å². The van der Waals surface area contributed by atoms with Gasteiger partial charge in [0, 0.05) is 92.7 Å². The van der Waals surface area contributed by atoms with E-state index >= 15 is 0 Å². The van der Waals surface area contributed by atoms with Gasteiger partial charge in [-0.2, -0.15) is 4.98 Å².